The van der Waals surface area contributed by atoms with Gasteiger partial charge in [0.25, 0.3) is 0 Å². The van der Waals surface area contributed by atoms with Crippen LogP contribution in [0.25, 0.3) is 0 Å². The molecule has 3 rings (SSSR count). The molecular formula is C27H29NO3. The molecule has 4 heteroatoms. The van der Waals surface area contributed by atoms with Crippen LogP contribution < -0.4 is 14.2 Å². The van der Waals surface area contributed by atoms with Gasteiger partial charge in [0.15, 0.2) is 0 Å². The second-order valence-electron chi connectivity index (χ2n) is 7.71. The number of aryl methyl sites for hydroxylation is 4. The SMILES string of the molecule is COc1ccc(O/C=C(C)/C(=N\c2ccc(C)c(C)c2)Oc2cc(C)cc(C)c2)cc1. The fraction of sp³-hybridized carbons (Fsp3) is 0.222. The minimum absolute atomic E-state index is 0.488. The Hall–Kier alpha value is -3.53. The molecule has 0 radical (unpaired) electrons. The van der Waals surface area contributed by atoms with Crippen molar-refractivity contribution in [2.24, 2.45) is 4.99 Å². The lowest BCUT2D eigenvalue weighted by Gasteiger charge is -2.12. The van der Waals surface area contributed by atoms with Crippen LogP contribution in [0.1, 0.15) is 29.2 Å². The normalized spacial score (nSPS) is 11.9. The summed E-state index contributed by atoms with van der Waals surface area (Å²) >= 11 is 0. The maximum atomic E-state index is 6.22. The zero-order valence-electron chi connectivity index (χ0n) is 19.0. The van der Waals surface area contributed by atoms with E-state index in [0.29, 0.717) is 11.6 Å². The van der Waals surface area contributed by atoms with Crippen LogP contribution in [0.2, 0.25) is 0 Å². The van der Waals surface area contributed by atoms with Crippen molar-refractivity contribution in [3.63, 3.8) is 0 Å². The molecule has 0 aliphatic heterocycles. The van der Waals surface area contributed by atoms with Crippen LogP contribution in [0.3, 0.4) is 0 Å². The van der Waals surface area contributed by atoms with Crippen molar-refractivity contribution in [2.75, 3.05) is 7.11 Å². The van der Waals surface area contributed by atoms with E-state index < -0.39 is 0 Å². The molecule has 0 saturated carbocycles. The Morgan fingerprint density at radius 3 is 2.00 bits per heavy atom. The van der Waals surface area contributed by atoms with E-state index in [2.05, 4.69) is 45.9 Å². The van der Waals surface area contributed by atoms with E-state index in [0.717, 1.165) is 33.9 Å². The second-order valence-corrected chi connectivity index (χ2v) is 7.71. The smallest absolute Gasteiger partial charge is 0.225 e. The van der Waals surface area contributed by atoms with Gasteiger partial charge >= 0.3 is 0 Å². The molecule has 3 aromatic rings. The lowest BCUT2D eigenvalue weighted by molar-refractivity contribution is 0.412. The first-order valence-corrected chi connectivity index (χ1v) is 10.2. The highest BCUT2D eigenvalue weighted by Crippen LogP contribution is 2.23. The Morgan fingerprint density at radius 2 is 1.39 bits per heavy atom. The Morgan fingerprint density at radius 1 is 0.742 bits per heavy atom. The topological polar surface area (TPSA) is 40.0 Å². The fourth-order valence-electron chi connectivity index (χ4n) is 3.07. The Kier molecular flexibility index (Phi) is 7.14. The molecule has 0 amide bonds. The van der Waals surface area contributed by atoms with E-state index in [-0.39, 0.29) is 0 Å². The van der Waals surface area contributed by atoms with Gasteiger partial charge in [-0.1, -0.05) is 12.1 Å². The highest BCUT2D eigenvalue weighted by atomic mass is 16.5. The van der Waals surface area contributed by atoms with Crippen LogP contribution in [0.15, 0.2) is 77.5 Å². The largest absolute Gasteiger partial charge is 0.497 e. The minimum Gasteiger partial charge on any atom is -0.497 e. The number of methoxy groups -OCH3 is 1. The molecule has 31 heavy (non-hydrogen) atoms. The molecule has 0 saturated heterocycles. The summed E-state index contributed by atoms with van der Waals surface area (Å²) in [4.78, 5) is 4.78. The third-order valence-electron chi connectivity index (χ3n) is 4.90. The first kappa shape index (κ1) is 22.2. The molecule has 3 aromatic carbocycles. The van der Waals surface area contributed by atoms with Crippen LogP contribution in [-0.4, -0.2) is 13.0 Å². The van der Waals surface area contributed by atoms with Gasteiger partial charge in [-0.2, -0.15) is 0 Å². The summed E-state index contributed by atoms with van der Waals surface area (Å²) in [5, 5.41) is 0. The Balaban J connectivity index is 1.92. The van der Waals surface area contributed by atoms with Gasteiger partial charge < -0.3 is 14.2 Å². The van der Waals surface area contributed by atoms with Crippen molar-refractivity contribution >= 4 is 11.6 Å². The maximum Gasteiger partial charge on any atom is 0.225 e. The van der Waals surface area contributed by atoms with Crippen LogP contribution in [0.4, 0.5) is 5.69 Å². The minimum atomic E-state index is 0.488. The van der Waals surface area contributed by atoms with Crippen molar-refractivity contribution in [3.8, 4) is 17.2 Å². The first-order valence-electron chi connectivity index (χ1n) is 10.2. The number of hydrogen-bond acceptors (Lipinski definition) is 4. The molecule has 0 aromatic heterocycles. The zero-order chi connectivity index (χ0) is 22.4. The van der Waals surface area contributed by atoms with Crippen molar-refractivity contribution < 1.29 is 14.2 Å². The second kappa shape index (κ2) is 9.98. The summed E-state index contributed by atoms with van der Waals surface area (Å²) in [6.45, 7) is 10.2. The van der Waals surface area contributed by atoms with E-state index in [1.807, 2.05) is 49.4 Å². The molecule has 0 heterocycles. The number of nitrogens with zero attached hydrogens (tertiary/aromatic N) is 1. The molecule has 0 unspecified atom stereocenters. The predicted octanol–water partition coefficient (Wildman–Crippen LogP) is 7.02. The highest BCUT2D eigenvalue weighted by Gasteiger charge is 2.09. The van der Waals surface area contributed by atoms with Crippen molar-refractivity contribution in [2.45, 2.75) is 34.6 Å². The van der Waals surface area contributed by atoms with Crippen molar-refractivity contribution in [1.29, 1.82) is 0 Å². The number of ether oxygens (including phenoxy) is 3. The number of aliphatic imine (C=N–C) groups is 1. The Labute approximate surface area is 184 Å². The van der Waals surface area contributed by atoms with Gasteiger partial charge in [-0.25, -0.2) is 4.99 Å². The van der Waals surface area contributed by atoms with Gasteiger partial charge in [0.05, 0.1) is 19.1 Å². The van der Waals surface area contributed by atoms with E-state index in [9.17, 15) is 0 Å². The molecule has 0 atom stereocenters. The quantitative estimate of drug-likeness (QED) is 0.247. The molecule has 160 valence electrons. The van der Waals surface area contributed by atoms with Crippen LogP contribution >= 0.6 is 0 Å². The summed E-state index contributed by atoms with van der Waals surface area (Å²) < 4.78 is 17.2. The number of benzene rings is 3. The Bertz CT molecular complexity index is 1090. The van der Waals surface area contributed by atoms with Gasteiger partial charge in [-0.05, 0) is 105 Å². The molecule has 0 bridgehead atoms. The van der Waals surface area contributed by atoms with Crippen LogP contribution in [0, 0.1) is 27.7 Å². The van der Waals surface area contributed by atoms with E-state index in [4.69, 9.17) is 19.2 Å². The summed E-state index contributed by atoms with van der Waals surface area (Å²) in [6.07, 6.45) is 1.66. The first-order chi connectivity index (χ1) is 14.8. The van der Waals surface area contributed by atoms with Gasteiger partial charge in [-0.15, -0.1) is 0 Å². The molecular weight excluding hydrogens is 386 g/mol. The third kappa shape index (κ3) is 6.22. The van der Waals surface area contributed by atoms with Crippen molar-refractivity contribution in [3.05, 3.63) is 94.8 Å². The monoisotopic (exact) mass is 415 g/mol. The van der Waals surface area contributed by atoms with E-state index in [1.165, 1.54) is 11.1 Å². The third-order valence-corrected chi connectivity index (χ3v) is 4.90. The van der Waals surface area contributed by atoms with E-state index >= 15 is 0 Å². The summed E-state index contributed by atoms with van der Waals surface area (Å²) in [7, 11) is 1.64. The van der Waals surface area contributed by atoms with Gasteiger partial charge in [-0.3, -0.25) is 0 Å². The standard InChI is InChI=1S/C27H29NO3/c1-18-13-19(2)15-26(14-18)31-27(28-23-8-7-20(3)21(4)16-23)22(5)17-30-25-11-9-24(29-6)10-12-25/h7-17H,1-6H3/b22-17+,28-27+. The molecule has 0 aliphatic rings. The molecule has 0 spiro atoms. The maximum absolute atomic E-state index is 6.22. The van der Waals surface area contributed by atoms with Crippen LogP contribution in [-0.2, 0) is 0 Å². The number of hydrogen-bond donors (Lipinski definition) is 0. The predicted molar refractivity (Wildman–Crippen MR) is 127 cm³/mol. The van der Waals surface area contributed by atoms with Gasteiger partial charge in [0, 0.05) is 5.57 Å². The average molecular weight is 416 g/mol. The lowest BCUT2D eigenvalue weighted by atomic mass is 10.1. The molecule has 4 nitrogen and oxygen atoms in total. The highest BCUT2D eigenvalue weighted by molar-refractivity contribution is 5.96. The molecule has 0 N–H and O–H groups in total. The van der Waals surface area contributed by atoms with Gasteiger partial charge in [0.1, 0.15) is 17.2 Å². The lowest BCUT2D eigenvalue weighted by Crippen LogP contribution is -2.11. The van der Waals surface area contributed by atoms with E-state index in [1.54, 1.807) is 13.4 Å². The summed E-state index contributed by atoms with van der Waals surface area (Å²) in [5.74, 6) is 2.72. The molecule has 0 aliphatic carbocycles. The zero-order valence-corrected chi connectivity index (χ0v) is 19.0. The number of rotatable bonds is 6. The van der Waals surface area contributed by atoms with Crippen molar-refractivity contribution in [1.82, 2.24) is 0 Å². The summed E-state index contributed by atoms with van der Waals surface area (Å²) in [5.41, 5.74) is 6.29. The van der Waals surface area contributed by atoms with Crippen LogP contribution in [0.5, 0.6) is 17.2 Å². The fourth-order valence-corrected chi connectivity index (χ4v) is 3.07. The summed E-state index contributed by atoms with van der Waals surface area (Å²) in [6, 6.07) is 19.6. The average Bonchev–Trinajstić information content (AvgIpc) is 2.74. The van der Waals surface area contributed by atoms with Gasteiger partial charge in [0.2, 0.25) is 5.90 Å². The molecule has 0 fully saturated rings.